The molecule has 1 aromatic rings. The predicted molar refractivity (Wildman–Crippen MR) is 89.6 cm³/mol. The van der Waals surface area contributed by atoms with E-state index in [0.717, 1.165) is 13.0 Å². The standard InChI is InChI=1S/C18H33N3/c1-4-12-19-18(5-2)15(3)14-16-11-13-21(20-16)17-9-7-6-8-10-17/h11,13,15,17-19H,4-10,12,14H2,1-3H3. The van der Waals surface area contributed by atoms with Gasteiger partial charge in [0.05, 0.1) is 11.7 Å². The van der Waals surface area contributed by atoms with Gasteiger partial charge in [-0.3, -0.25) is 4.68 Å². The zero-order valence-corrected chi connectivity index (χ0v) is 14.1. The second-order valence-electron chi connectivity index (χ2n) is 6.73. The summed E-state index contributed by atoms with van der Waals surface area (Å²) >= 11 is 0. The molecule has 0 spiro atoms. The zero-order valence-electron chi connectivity index (χ0n) is 14.1. The molecule has 1 saturated carbocycles. The molecule has 1 aliphatic rings. The van der Waals surface area contributed by atoms with E-state index in [1.807, 2.05) is 0 Å². The summed E-state index contributed by atoms with van der Waals surface area (Å²) in [6, 6.07) is 3.50. The van der Waals surface area contributed by atoms with Crippen LogP contribution in [0.15, 0.2) is 12.3 Å². The quantitative estimate of drug-likeness (QED) is 0.772. The normalized spacial score (nSPS) is 19.6. The highest BCUT2D eigenvalue weighted by Gasteiger charge is 2.19. The van der Waals surface area contributed by atoms with Gasteiger partial charge in [-0.15, -0.1) is 0 Å². The largest absolute Gasteiger partial charge is 0.314 e. The molecule has 0 radical (unpaired) electrons. The van der Waals surface area contributed by atoms with Crippen molar-refractivity contribution in [2.24, 2.45) is 5.92 Å². The summed E-state index contributed by atoms with van der Waals surface area (Å²) in [4.78, 5) is 0. The van der Waals surface area contributed by atoms with E-state index in [1.165, 1.54) is 50.6 Å². The average Bonchev–Trinajstić information content (AvgIpc) is 2.97. The SMILES string of the molecule is CCCNC(CC)C(C)Cc1ccn(C2CCCCC2)n1. The van der Waals surface area contributed by atoms with E-state index in [-0.39, 0.29) is 0 Å². The summed E-state index contributed by atoms with van der Waals surface area (Å²) in [5, 5.41) is 8.53. The Morgan fingerprint density at radius 1 is 1.29 bits per heavy atom. The molecule has 1 N–H and O–H groups in total. The van der Waals surface area contributed by atoms with Crippen molar-refractivity contribution in [3.63, 3.8) is 0 Å². The molecule has 0 bridgehead atoms. The summed E-state index contributed by atoms with van der Waals surface area (Å²) in [5.41, 5.74) is 1.27. The first-order valence-corrected chi connectivity index (χ1v) is 9.02. The van der Waals surface area contributed by atoms with Gasteiger partial charge >= 0.3 is 0 Å². The van der Waals surface area contributed by atoms with Gasteiger partial charge in [0.1, 0.15) is 0 Å². The average molecular weight is 291 g/mol. The van der Waals surface area contributed by atoms with E-state index in [4.69, 9.17) is 5.10 Å². The summed E-state index contributed by atoms with van der Waals surface area (Å²) < 4.78 is 2.24. The van der Waals surface area contributed by atoms with Gasteiger partial charge in [0.15, 0.2) is 0 Å². The van der Waals surface area contributed by atoms with Gasteiger partial charge < -0.3 is 5.32 Å². The highest BCUT2D eigenvalue weighted by atomic mass is 15.3. The third kappa shape index (κ3) is 4.84. The van der Waals surface area contributed by atoms with E-state index in [0.29, 0.717) is 18.0 Å². The molecular weight excluding hydrogens is 258 g/mol. The van der Waals surface area contributed by atoms with Crippen LogP contribution in [0.2, 0.25) is 0 Å². The second kappa shape index (κ2) is 8.57. The molecule has 1 aliphatic carbocycles. The summed E-state index contributed by atoms with van der Waals surface area (Å²) in [6.45, 7) is 8.00. The van der Waals surface area contributed by atoms with E-state index in [1.54, 1.807) is 0 Å². The van der Waals surface area contributed by atoms with E-state index < -0.39 is 0 Å². The lowest BCUT2D eigenvalue weighted by atomic mass is 9.94. The van der Waals surface area contributed by atoms with Crippen LogP contribution in [0.4, 0.5) is 0 Å². The van der Waals surface area contributed by atoms with Gasteiger partial charge in [-0.1, -0.05) is 40.0 Å². The molecule has 3 heteroatoms. The third-order valence-corrected chi connectivity index (χ3v) is 4.93. The van der Waals surface area contributed by atoms with Crippen molar-refractivity contribution in [3.8, 4) is 0 Å². The Kier molecular flexibility index (Phi) is 6.75. The summed E-state index contributed by atoms with van der Waals surface area (Å²) in [5.74, 6) is 0.649. The fraction of sp³-hybridized carbons (Fsp3) is 0.833. The molecule has 1 fully saturated rings. The highest BCUT2D eigenvalue weighted by Crippen LogP contribution is 2.27. The van der Waals surface area contributed by atoms with E-state index in [9.17, 15) is 0 Å². The summed E-state index contributed by atoms with van der Waals surface area (Å²) in [6.07, 6.45) is 12.5. The molecule has 21 heavy (non-hydrogen) atoms. The second-order valence-corrected chi connectivity index (χ2v) is 6.73. The Balaban J connectivity index is 1.88. The molecule has 1 heterocycles. The predicted octanol–water partition coefficient (Wildman–Crippen LogP) is 4.35. The molecule has 2 unspecified atom stereocenters. The minimum Gasteiger partial charge on any atom is -0.314 e. The minimum atomic E-state index is 0.616. The molecule has 0 amide bonds. The van der Waals surface area contributed by atoms with Crippen molar-refractivity contribution in [2.45, 2.75) is 84.2 Å². The molecular formula is C18H33N3. The van der Waals surface area contributed by atoms with Gasteiger partial charge in [-0.05, 0) is 50.6 Å². The Morgan fingerprint density at radius 2 is 2.05 bits per heavy atom. The van der Waals surface area contributed by atoms with Crippen molar-refractivity contribution in [1.29, 1.82) is 0 Å². The Morgan fingerprint density at radius 3 is 2.71 bits per heavy atom. The number of hydrogen-bond acceptors (Lipinski definition) is 2. The molecule has 1 aromatic heterocycles. The molecule has 120 valence electrons. The first kappa shape index (κ1) is 16.5. The third-order valence-electron chi connectivity index (χ3n) is 4.93. The number of nitrogens with zero attached hydrogens (tertiary/aromatic N) is 2. The number of aromatic nitrogens is 2. The zero-order chi connectivity index (χ0) is 15.1. The Labute approximate surface area is 130 Å². The molecule has 2 atom stereocenters. The maximum atomic E-state index is 4.86. The fourth-order valence-electron chi connectivity index (χ4n) is 3.58. The van der Waals surface area contributed by atoms with Crippen LogP contribution < -0.4 is 5.32 Å². The van der Waals surface area contributed by atoms with Crippen LogP contribution in [-0.2, 0) is 6.42 Å². The maximum Gasteiger partial charge on any atom is 0.0627 e. The van der Waals surface area contributed by atoms with Crippen LogP contribution in [0.5, 0.6) is 0 Å². The van der Waals surface area contributed by atoms with Crippen LogP contribution in [-0.4, -0.2) is 22.4 Å². The van der Waals surface area contributed by atoms with Gasteiger partial charge in [-0.2, -0.15) is 5.10 Å². The topological polar surface area (TPSA) is 29.9 Å². The van der Waals surface area contributed by atoms with Crippen molar-refractivity contribution < 1.29 is 0 Å². The molecule has 0 aromatic carbocycles. The van der Waals surface area contributed by atoms with E-state index in [2.05, 4.69) is 43.0 Å². The maximum absolute atomic E-state index is 4.86. The van der Waals surface area contributed by atoms with Crippen molar-refractivity contribution >= 4 is 0 Å². The van der Waals surface area contributed by atoms with Crippen LogP contribution in [0.25, 0.3) is 0 Å². The highest BCUT2D eigenvalue weighted by molar-refractivity contribution is 5.02. The van der Waals surface area contributed by atoms with Gasteiger partial charge in [0, 0.05) is 12.2 Å². The number of rotatable bonds is 8. The van der Waals surface area contributed by atoms with Crippen LogP contribution >= 0.6 is 0 Å². The minimum absolute atomic E-state index is 0.616. The first-order valence-electron chi connectivity index (χ1n) is 9.02. The molecule has 0 aliphatic heterocycles. The van der Waals surface area contributed by atoms with Crippen LogP contribution in [0, 0.1) is 5.92 Å². The van der Waals surface area contributed by atoms with Crippen LogP contribution in [0.3, 0.4) is 0 Å². The van der Waals surface area contributed by atoms with Crippen molar-refractivity contribution in [3.05, 3.63) is 18.0 Å². The number of hydrogen-bond donors (Lipinski definition) is 1. The lowest BCUT2D eigenvalue weighted by molar-refractivity contribution is 0.324. The molecule has 0 saturated heterocycles. The van der Waals surface area contributed by atoms with Gasteiger partial charge in [0.25, 0.3) is 0 Å². The first-order chi connectivity index (χ1) is 10.2. The molecule has 2 rings (SSSR count). The summed E-state index contributed by atoms with van der Waals surface area (Å²) in [7, 11) is 0. The molecule has 3 nitrogen and oxygen atoms in total. The lowest BCUT2D eigenvalue weighted by Gasteiger charge is -2.24. The monoisotopic (exact) mass is 291 g/mol. The van der Waals surface area contributed by atoms with E-state index >= 15 is 0 Å². The van der Waals surface area contributed by atoms with Gasteiger partial charge in [0.2, 0.25) is 0 Å². The smallest absolute Gasteiger partial charge is 0.0627 e. The van der Waals surface area contributed by atoms with Crippen molar-refractivity contribution in [1.82, 2.24) is 15.1 Å². The van der Waals surface area contributed by atoms with Gasteiger partial charge in [-0.25, -0.2) is 0 Å². The Hall–Kier alpha value is -0.830. The number of nitrogens with one attached hydrogen (secondary N) is 1. The van der Waals surface area contributed by atoms with Crippen LogP contribution in [0.1, 0.15) is 77.5 Å². The lowest BCUT2D eigenvalue weighted by Crippen LogP contribution is -2.36. The van der Waals surface area contributed by atoms with Crippen molar-refractivity contribution in [2.75, 3.05) is 6.54 Å². The fourth-order valence-corrected chi connectivity index (χ4v) is 3.58. The Bertz CT molecular complexity index is 393.